The van der Waals surface area contributed by atoms with Crippen molar-refractivity contribution < 1.29 is 77.1 Å². The van der Waals surface area contributed by atoms with Crippen LogP contribution in [0.2, 0.25) is 0 Å². The van der Waals surface area contributed by atoms with E-state index in [-0.39, 0.29) is 115 Å². The van der Waals surface area contributed by atoms with E-state index in [1.54, 1.807) is 48.8 Å². The molecule has 8 N–H and O–H groups in total. The summed E-state index contributed by atoms with van der Waals surface area (Å²) in [5, 5.41) is 60.7. The summed E-state index contributed by atoms with van der Waals surface area (Å²) in [4.78, 5) is 128. The molecule has 3 saturated heterocycles. The van der Waals surface area contributed by atoms with Gasteiger partial charge < -0.3 is 56.2 Å². The highest BCUT2D eigenvalue weighted by Gasteiger charge is 2.47. The first-order valence-electron chi connectivity index (χ1n) is 31.9. The van der Waals surface area contributed by atoms with Crippen LogP contribution in [0.25, 0.3) is 10.9 Å². The van der Waals surface area contributed by atoms with Crippen molar-refractivity contribution in [3.05, 3.63) is 71.4 Å². The van der Waals surface area contributed by atoms with Gasteiger partial charge in [-0.05, 0) is 100 Å². The van der Waals surface area contributed by atoms with Gasteiger partial charge in [-0.25, -0.2) is 8.78 Å². The van der Waals surface area contributed by atoms with Crippen LogP contribution in [-0.4, -0.2) is 268 Å². The maximum absolute atomic E-state index is 13.9. The van der Waals surface area contributed by atoms with Crippen LogP contribution in [0.3, 0.4) is 0 Å². The van der Waals surface area contributed by atoms with Gasteiger partial charge in [0.2, 0.25) is 23.6 Å². The Labute approximate surface area is 545 Å². The number of pyridine rings is 1. The number of nitrogens with one attached hydrogen (secondary N) is 4. The number of aliphatic hydroxyl groups excluding tert-OH is 1. The van der Waals surface area contributed by atoms with Crippen molar-refractivity contribution in [2.75, 3.05) is 136 Å². The largest absolute Gasteiger partial charge is 0.494 e. The van der Waals surface area contributed by atoms with E-state index in [1.165, 1.54) is 24.0 Å². The van der Waals surface area contributed by atoms with Crippen molar-refractivity contribution in [2.45, 2.75) is 108 Å². The normalized spacial score (nSPS) is 17.9. The van der Waals surface area contributed by atoms with E-state index in [1.807, 2.05) is 31.2 Å². The minimum Gasteiger partial charge on any atom is -0.494 e. The van der Waals surface area contributed by atoms with Crippen LogP contribution >= 0.6 is 11.8 Å². The second-order valence-electron chi connectivity index (χ2n) is 24.0. The van der Waals surface area contributed by atoms with E-state index in [0.29, 0.717) is 80.2 Å². The number of nitriles is 1. The third kappa shape index (κ3) is 26.7. The van der Waals surface area contributed by atoms with Crippen molar-refractivity contribution in [1.82, 2.24) is 55.7 Å². The number of amides is 6. The number of hydrogen-bond donors (Lipinski definition) is 8. The average molecular weight is 1320 g/mol. The Morgan fingerprint density at radius 2 is 1.37 bits per heavy atom. The molecule has 2 unspecified atom stereocenters. The molecule has 4 heterocycles. The van der Waals surface area contributed by atoms with E-state index in [9.17, 15) is 77.6 Å². The summed E-state index contributed by atoms with van der Waals surface area (Å²) in [6.45, 7) is 2.93. The second kappa shape index (κ2) is 38.5. The van der Waals surface area contributed by atoms with Crippen LogP contribution in [-0.2, 0) is 44.8 Å². The van der Waals surface area contributed by atoms with Crippen LogP contribution in [0.5, 0.6) is 5.75 Å². The summed E-state index contributed by atoms with van der Waals surface area (Å²) in [5.74, 6) is -7.93. The number of nitrogens with zero attached hydrogens (tertiary/aromatic N) is 8. The van der Waals surface area contributed by atoms with Crippen LogP contribution in [0, 0.1) is 24.2 Å². The third-order valence-corrected chi connectivity index (χ3v) is 17.7. The Bertz CT molecular complexity index is 3000. The number of aliphatic hydroxyl groups is 1. The van der Waals surface area contributed by atoms with Gasteiger partial charge in [0.25, 0.3) is 17.7 Å². The van der Waals surface area contributed by atoms with Crippen molar-refractivity contribution in [1.29, 1.82) is 5.26 Å². The molecule has 93 heavy (non-hydrogen) atoms. The Hall–Kier alpha value is -7.62. The number of carboxylic acid groups (broad SMARTS) is 3. The van der Waals surface area contributed by atoms with E-state index in [0.717, 1.165) is 54.6 Å². The average Bonchev–Trinajstić information content (AvgIpc) is 1.56. The SMILES string of the molecule is Cc1ccc(CCCC(=O)NCCCCC(NC(=O)CN2CCN(CC(=O)O)CCN(CC(=O)O)CCN(CC(=O)O)CC2)C(=O)NCCSCC(O)C(=O)N2CCC(CCCCOc3ccc4nccc(C(=O)NCC(=O)N5CC(F)(F)C[C@@H]5C#N)c4c3)CC2)cc1. The molecule has 0 aliphatic carbocycles. The van der Waals surface area contributed by atoms with Crippen molar-refractivity contribution >= 4 is 76.0 Å². The number of rotatable bonds is 34. The number of aromatic nitrogens is 1. The predicted octanol–water partition coefficient (Wildman–Crippen LogP) is 2.30. The lowest BCUT2D eigenvalue weighted by molar-refractivity contribution is -0.140. The fourth-order valence-corrected chi connectivity index (χ4v) is 12.2. The van der Waals surface area contributed by atoms with Gasteiger partial charge in [-0.2, -0.15) is 17.0 Å². The molecule has 3 fully saturated rings. The van der Waals surface area contributed by atoms with E-state index >= 15 is 0 Å². The molecule has 6 rings (SSSR count). The summed E-state index contributed by atoms with van der Waals surface area (Å²) in [6, 6.07) is 14.2. The molecular formula is C64H90F2N12O14S. The maximum atomic E-state index is 13.9. The molecule has 3 aliphatic rings. The number of ether oxygens (including phenoxy) is 1. The summed E-state index contributed by atoms with van der Waals surface area (Å²) in [7, 11) is 0. The van der Waals surface area contributed by atoms with Gasteiger partial charge in [-0.15, -0.1) is 0 Å². The molecule has 6 amide bonds. The Kier molecular flexibility index (Phi) is 30.8. The fraction of sp³-hybridized carbons (Fsp3) is 0.609. The topological polar surface area (TPSA) is 348 Å². The van der Waals surface area contributed by atoms with Gasteiger partial charge in [0.1, 0.15) is 23.9 Å². The number of alkyl halides is 2. The van der Waals surface area contributed by atoms with E-state index in [2.05, 4.69) is 26.3 Å². The van der Waals surface area contributed by atoms with Gasteiger partial charge in [0.05, 0.1) is 63.0 Å². The van der Waals surface area contributed by atoms with Gasteiger partial charge >= 0.3 is 17.9 Å². The number of aryl methyl sites for hydroxylation is 2. The molecule has 510 valence electrons. The molecule has 26 nitrogen and oxygen atoms in total. The Morgan fingerprint density at radius 3 is 1.98 bits per heavy atom. The minimum absolute atomic E-state index is 0.0877. The fourth-order valence-electron chi connectivity index (χ4n) is 11.5. The number of piperidine rings is 1. The lowest BCUT2D eigenvalue weighted by atomic mass is 9.91. The van der Waals surface area contributed by atoms with Gasteiger partial charge in [-0.3, -0.25) is 67.7 Å². The first-order chi connectivity index (χ1) is 44.5. The summed E-state index contributed by atoms with van der Waals surface area (Å²) >= 11 is 1.29. The van der Waals surface area contributed by atoms with Gasteiger partial charge in [-0.1, -0.05) is 36.2 Å². The number of carboxylic acids is 3. The number of thioether (sulfide) groups is 1. The molecule has 0 saturated carbocycles. The number of carbonyl (C=O) groups excluding carboxylic acids is 6. The zero-order valence-corrected chi connectivity index (χ0v) is 53.8. The first-order valence-corrected chi connectivity index (χ1v) is 33.1. The molecular weight excluding hydrogens is 1230 g/mol. The molecule has 3 atom stereocenters. The maximum Gasteiger partial charge on any atom is 0.317 e. The number of carbonyl (C=O) groups is 9. The van der Waals surface area contributed by atoms with Gasteiger partial charge in [0.15, 0.2) is 0 Å². The molecule has 0 radical (unpaired) electrons. The minimum atomic E-state index is -3.18. The van der Waals surface area contributed by atoms with E-state index in [4.69, 9.17) is 4.74 Å². The Balaban J connectivity index is 0.922. The highest BCUT2D eigenvalue weighted by Crippen LogP contribution is 2.32. The van der Waals surface area contributed by atoms with Crippen molar-refractivity contribution in [2.24, 2.45) is 5.92 Å². The highest BCUT2D eigenvalue weighted by molar-refractivity contribution is 7.99. The molecule has 3 aliphatic heterocycles. The number of halogens is 2. The Morgan fingerprint density at radius 1 is 0.742 bits per heavy atom. The zero-order chi connectivity index (χ0) is 67.3. The third-order valence-electron chi connectivity index (χ3n) is 16.7. The quantitative estimate of drug-likeness (QED) is 0.0398. The lowest BCUT2D eigenvalue weighted by Crippen LogP contribution is -2.52. The van der Waals surface area contributed by atoms with Crippen LogP contribution in [0.4, 0.5) is 8.78 Å². The number of benzene rings is 2. The zero-order valence-electron chi connectivity index (χ0n) is 53.0. The van der Waals surface area contributed by atoms with Crippen molar-refractivity contribution in [3.63, 3.8) is 0 Å². The molecule has 1 aromatic heterocycles. The first kappa shape index (κ1) is 74.4. The van der Waals surface area contributed by atoms with Crippen LogP contribution in [0.15, 0.2) is 54.7 Å². The van der Waals surface area contributed by atoms with E-state index < -0.39 is 85.2 Å². The standard InChI is InChI=1S/C64H90F2N12O14S/c1-45-11-13-46(14-12-45)8-6-10-55(80)69-20-4-2-9-53(72-56(81)39-73-25-27-74(40-58(83)84)29-31-76(42-60(87)88)32-30-75(28-26-73)41-59(85)86)62(90)70-22-34-93-43-54(79)63(91)77-23-18-47(19-24-77)7-3-5-33-92-49-15-16-52-51(35-49)50(17-21-68-52)61(89)71-38-57(82)78-44-64(65,66)36-48(78)37-67/h11-17,21,35,47-48,53-54,79H,2-10,18-20,22-34,36,38-44H2,1H3,(H,69,80)(H,70,90)(H,71,89)(H,72,81)(H,83,84)(H,85,86)(H,87,88)/t48-,53?,54?/m1/s1. The molecule has 3 aromatic rings. The number of fused-ring (bicyclic) bond motifs is 1. The number of aliphatic carboxylic acids is 3. The highest BCUT2D eigenvalue weighted by atomic mass is 32.2. The monoisotopic (exact) mass is 1320 g/mol. The second-order valence-corrected chi connectivity index (χ2v) is 25.2. The van der Waals surface area contributed by atoms with Gasteiger partial charge in [0, 0.05) is 114 Å². The summed E-state index contributed by atoms with van der Waals surface area (Å²) in [6.07, 6.45) is 6.47. The number of likely N-dealkylation sites (tertiary alicyclic amines) is 2. The number of unbranched alkanes of at least 4 members (excludes halogenated alkanes) is 2. The van der Waals surface area contributed by atoms with Crippen LogP contribution < -0.4 is 26.0 Å². The molecule has 0 spiro atoms. The molecule has 2 aromatic carbocycles. The molecule has 29 heteroatoms. The summed E-state index contributed by atoms with van der Waals surface area (Å²) in [5.41, 5.74) is 3.02. The molecule has 0 bridgehead atoms. The van der Waals surface area contributed by atoms with Crippen molar-refractivity contribution in [3.8, 4) is 11.8 Å². The number of hydrogen-bond acceptors (Lipinski definition) is 18. The van der Waals surface area contributed by atoms with Crippen LogP contribution in [0.1, 0.15) is 92.1 Å². The smallest absolute Gasteiger partial charge is 0.317 e. The predicted molar refractivity (Wildman–Crippen MR) is 341 cm³/mol. The lowest BCUT2D eigenvalue weighted by Gasteiger charge is -2.33. The summed E-state index contributed by atoms with van der Waals surface area (Å²) < 4.78 is 33.8.